The molecule has 0 heterocycles. The van der Waals surface area contributed by atoms with Gasteiger partial charge in [-0.25, -0.2) is 0 Å². The van der Waals surface area contributed by atoms with E-state index in [0.29, 0.717) is 13.1 Å². The van der Waals surface area contributed by atoms with Crippen molar-refractivity contribution in [2.24, 2.45) is 0 Å². The highest BCUT2D eigenvalue weighted by molar-refractivity contribution is 6.34. The largest absolute Gasteiger partial charge is 0.351 e. The summed E-state index contributed by atoms with van der Waals surface area (Å²) < 4.78 is 0. The maximum absolute atomic E-state index is 11.6. The Kier molecular flexibility index (Phi) is 7.26. The minimum atomic E-state index is -0.561. The van der Waals surface area contributed by atoms with Crippen LogP contribution in [0.3, 0.4) is 0 Å². The van der Waals surface area contributed by atoms with Crippen molar-refractivity contribution < 1.29 is 9.72 Å². The summed E-state index contributed by atoms with van der Waals surface area (Å²) >= 11 is 5.80. The Morgan fingerprint density at radius 3 is 2.61 bits per heavy atom. The fraction of sp³-hybridized carbons (Fsp3) is 0.300. The smallest absolute Gasteiger partial charge is 0.270 e. The van der Waals surface area contributed by atoms with Gasteiger partial charge in [0.2, 0.25) is 0 Å². The van der Waals surface area contributed by atoms with Gasteiger partial charge in [-0.1, -0.05) is 11.6 Å². The van der Waals surface area contributed by atoms with Crippen molar-refractivity contribution in [2.45, 2.75) is 0 Å². The summed E-state index contributed by atoms with van der Waals surface area (Å²) in [5.74, 6) is -0.347. The van der Waals surface area contributed by atoms with Crippen LogP contribution < -0.4 is 10.6 Å². The topological polar surface area (TPSA) is 84.3 Å². The average molecular weight is 294 g/mol. The normalized spacial score (nSPS) is 9.44. The van der Waals surface area contributed by atoms with E-state index in [4.69, 9.17) is 11.6 Å². The Labute approximate surface area is 115 Å². The van der Waals surface area contributed by atoms with Crippen molar-refractivity contribution in [3.8, 4) is 0 Å². The van der Waals surface area contributed by atoms with E-state index in [9.17, 15) is 14.9 Å². The van der Waals surface area contributed by atoms with Crippen LogP contribution in [0.1, 0.15) is 10.4 Å². The van der Waals surface area contributed by atoms with Gasteiger partial charge in [0.15, 0.2) is 0 Å². The summed E-state index contributed by atoms with van der Waals surface area (Å²) in [6.45, 7) is 1.10. The van der Waals surface area contributed by atoms with Gasteiger partial charge in [-0.15, -0.1) is 12.4 Å². The zero-order valence-corrected chi connectivity index (χ0v) is 11.2. The number of halogens is 2. The second-order valence-electron chi connectivity index (χ2n) is 3.28. The molecule has 0 spiro atoms. The lowest BCUT2D eigenvalue weighted by Gasteiger charge is -2.06. The second-order valence-corrected chi connectivity index (χ2v) is 3.69. The molecule has 100 valence electrons. The standard InChI is InChI=1S/C10H12ClN3O3.ClH/c1-12-4-5-13-10(15)8-3-2-7(14(16)17)6-9(8)11;/h2-3,6,12H,4-5H2,1H3,(H,13,15);1H. The number of carbonyl (C=O) groups excluding carboxylic acids is 1. The molecule has 0 radical (unpaired) electrons. The van der Waals surface area contributed by atoms with Crippen LogP contribution in [0.4, 0.5) is 5.69 Å². The predicted octanol–water partition coefficient (Wildman–Crippen LogP) is 1.62. The molecule has 0 fully saturated rings. The van der Waals surface area contributed by atoms with Gasteiger partial charge >= 0.3 is 0 Å². The number of carbonyl (C=O) groups is 1. The van der Waals surface area contributed by atoms with Crippen molar-refractivity contribution in [1.82, 2.24) is 10.6 Å². The number of hydrogen-bond acceptors (Lipinski definition) is 4. The fourth-order valence-electron chi connectivity index (χ4n) is 1.20. The van der Waals surface area contributed by atoms with Gasteiger partial charge in [-0.05, 0) is 13.1 Å². The predicted molar refractivity (Wildman–Crippen MR) is 71.6 cm³/mol. The molecule has 0 atom stereocenters. The molecule has 0 aliphatic heterocycles. The second kappa shape index (κ2) is 7.86. The molecule has 0 unspecified atom stereocenters. The zero-order chi connectivity index (χ0) is 12.8. The number of benzene rings is 1. The summed E-state index contributed by atoms with van der Waals surface area (Å²) in [5, 5.41) is 16.1. The molecule has 0 saturated heterocycles. The van der Waals surface area contributed by atoms with Crippen LogP contribution in [0.15, 0.2) is 18.2 Å². The molecule has 1 aromatic carbocycles. The third-order valence-corrected chi connectivity index (χ3v) is 2.38. The molecule has 6 nitrogen and oxygen atoms in total. The number of hydrogen-bond donors (Lipinski definition) is 2. The van der Waals surface area contributed by atoms with Gasteiger partial charge in [0.1, 0.15) is 0 Å². The van der Waals surface area contributed by atoms with E-state index < -0.39 is 4.92 Å². The summed E-state index contributed by atoms with van der Waals surface area (Å²) in [6, 6.07) is 3.75. The van der Waals surface area contributed by atoms with Gasteiger partial charge in [0, 0.05) is 25.2 Å². The molecule has 1 rings (SSSR count). The van der Waals surface area contributed by atoms with Crippen molar-refractivity contribution in [1.29, 1.82) is 0 Å². The number of non-ortho nitro benzene ring substituents is 1. The molecule has 0 bridgehead atoms. The lowest BCUT2D eigenvalue weighted by Crippen LogP contribution is -2.30. The van der Waals surface area contributed by atoms with Crippen LogP contribution in [-0.4, -0.2) is 31.0 Å². The number of nitro benzene ring substituents is 1. The van der Waals surface area contributed by atoms with Crippen LogP contribution in [0.25, 0.3) is 0 Å². The number of likely N-dealkylation sites (N-methyl/N-ethyl adjacent to an activating group) is 1. The van der Waals surface area contributed by atoms with E-state index in [1.165, 1.54) is 12.1 Å². The van der Waals surface area contributed by atoms with Crippen molar-refractivity contribution in [3.63, 3.8) is 0 Å². The third kappa shape index (κ3) is 4.48. The first-order chi connectivity index (χ1) is 8.06. The number of nitrogens with one attached hydrogen (secondary N) is 2. The summed E-state index contributed by atoms with van der Waals surface area (Å²) in [4.78, 5) is 21.6. The Morgan fingerprint density at radius 2 is 2.11 bits per heavy atom. The Balaban J connectivity index is 0.00000289. The number of amides is 1. The van der Waals surface area contributed by atoms with E-state index in [1.807, 2.05) is 0 Å². The monoisotopic (exact) mass is 293 g/mol. The van der Waals surface area contributed by atoms with Crippen LogP contribution in [-0.2, 0) is 0 Å². The molecular formula is C10H13Cl2N3O3. The number of rotatable bonds is 5. The average Bonchev–Trinajstić information content (AvgIpc) is 2.28. The van der Waals surface area contributed by atoms with Crippen molar-refractivity contribution in [3.05, 3.63) is 38.9 Å². The van der Waals surface area contributed by atoms with Crippen molar-refractivity contribution in [2.75, 3.05) is 20.1 Å². The minimum Gasteiger partial charge on any atom is -0.351 e. The molecule has 18 heavy (non-hydrogen) atoms. The number of nitrogens with zero attached hydrogens (tertiary/aromatic N) is 1. The number of nitro groups is 1. The summed E-state index contributed by atoms with van der Waals surface area (Å²) in [5.41, 5.74) is 0.0927. The molecule has 2 N–H and O–H groups in total. The molecule has 0 aliphatic carbocycles. The Bertz CT molecular complexity index is 440. The first-order valence-electron chi connectivity index (χ1n) is 4.93. The van der Waals surface area contributed by atoms with E-state index in [0.717, 1.165) is 6.07 Å². The first kappa shape index (κ1) is 16.6. The highest BCUT2D eigenvalue weighted by atomic mass is 35.5. The van der Waals surface area contributed by atoms with Crippen LogP contribution in [0.2, 0.25) is 5.02 Å². The van der Waals surface area contributed by atoms with Gasteiger partial charge in [0.25, 0.3) is 11.6 Å². The third-order valence-electron chi connectivity index (χ3n) is 2.07. The van der Waals surface area contributed by atoms with Crippen LogP contribution in [0, 0.1) is 10.1 Å². The highest BCUT2D eigenvalue weighted by Crippen LogP contribution is 2.22. The van der Waals surface area contributed by atoms with Gasteiger partial charge in [-0.3, -0.25) is 14.9 Å². The Morgan fingerprint density at radius 1 is 1.44 bits per heavy atom. The van der Waals surface area contributed by atoms with Gasteiger partial charge in [0.05, 0.1) is 15.5 Å². The first-order valence-corrected chi connectivity index (χ1v) is 5.30. The molecule has 8 heteroatoms. The zero-order valence-electron chi connectivity index (χ0n) is 9.60. The lowest BCUT2D eigenvalue weighted by atomic mass is 10.2. The van der Waals surface area contributed by atoms with Crippen LogP contribution in [0.5, 0.6) is 0 Å². The summed E-state index contributed by atoms with van der Waals surface area (Å²) in [7, 11) is 1.77. The maximum atomic E-state index is 11.6. The minimum absolute atomic E-state index is 0. The highest BCUT2D eigenvalue weighted by Gasteiger charge is 2.14. The van der Waals surface area contributed by atoms with E-state index >= 15 is 0 Å². The van der Waals surface area contributed by atoms with E-state index in [1.54, 1.807) is 7.05 Å². The molecule has 1 aromatic rings. The SMILES string of the molecule is CNCCNC(=O)c1ccc([N+](=O)[O-])cc1Cl.Cl. The quantitative estimate of drug-likeness (QED) is 0.491. The van der Waals surface area contributed by atoms with E-state index in [-0.39, 0.29) is 34.6 Å². The van der Waals surface area contributed by atoms with E-state index in [2.05, 4.69) is 10.6 Å². The molecule has 1 amide bonds. The molecule has 0 saturated carbocycles. The maximum Gasteiger partial charge on any atom is 0.270 e. The molecule has 0 aromatic heterocycles. The molecule has 0 aliphatic rings. The summed E-state index contributed by atoms with van der Waals surface area (Å²) in [6.07, 6.45) is 0. The van der Waals surface area contributed by atoms with Crippen LogP contribution >= 0.6 is 24.0 Å². The molecular weight excluding hydrogens is 281 g/mol. The fourth-order valence-corrected chi connectivity index (χ4v) is 1.46. The van der Waals surface area contributed by atoms with Gasteiger partial charge < -0.3 is 10.6 Å². The lowest BCUT2D eigenvalue weighted by molar-refractivity contribution is -0.384. The van der Waals surface area contributed by atoms with Gasteiger partial charge in [-0.2, -0.15) is 0 Å². The van der Waals surface area contributed by atoms with Crippen molar-refractivity contribution >= 4 is 35.6 Å². The Hall–Kier alpha value is -1.37.